The van der Waals surface area contributed by atoms with E-state index in [0.717, 1.165) is 4.90 Å². The maximum atomic E-state index is 13.2. The predicted octanol–water partition coefficient (Wildman–Crippen LogP) is 6.53. The summed E-state index contributed by atoms with van der Waals surface area (Å²) in [7, 11) is 0. The molecule has 4 amide bonds. The molecule has 0 aromatic heterocycles. The van der Waals surface area contributed by atoms with Crippen molar-refractivity contribution in [2.24, 2.45) is 0 Å². The number of anilines is 1. The minimum absolute atomic E-state index is 0.0813. The molecule has 0 aliphatic carbocycles. The molecule has 0 fully saturated rings. The van der Waals surface area contributed by atoms with Gasteiger partial charge in [-0.2, -0.15) is 0 Å². The molecule has 0 saturated heterocycles. The van der Waals surface area contributed by atoms with E-state index in [1.165, 1.54) is 4.90 Å². The SMILES string of the molecule is O=C(Nc1ccc(SCCCN2C(=O)c3ccccc3C2=O)cc1)/C(=C/c1ccc(Cl)cc1)NC(=O)c1ccccc1. The Morgan fingerprint density at radius 3 is 2.05 bits per heavy atom. The lowest BCUT2D eigenvalue weighted by Crippen LogP contribution is -2.31. The van der Waals surface area contributed by atoms with Crippen molar-refractivity contribution in [3.63, 3.8) is 0 Å². The molecular formula is C33H26ClN3O4S. The van der Waals surface area contributed by atoms with Crippen LogP contribution in [-0.4, -0.2) is 40.8 Å². The van der Waals surface area contributed by atoms with Gasteiger partial charge in [0.25, 0.3) is 23.6 Å². The summed E-state index contributed by atoms with van der Waals surface area (Å²) < 4.78 is 0. The highest BCUT2D eigenvalue weighted by Gasteiger charge is 2.34. The third-order valence-corrected chi connectivity index (χ3v) is 7.85. The summed E-state index contributed by atoms with van der Waals surface area (Å²) in [6, 6.07) is 29.8. The van der Waals surface area contributed by atoms with Gasteiger partial charge in [-0.3, -0.25) is 24.1 Å². The van der Waals surface area contributed by atoms with Gasteiger partial charge in [0.2, 0.25) is 0 Å². The molecule has 0 saturated carbocycles. The zero-order chi connectivity index (χ0) is 29.5. The van der Waals surface area contributed by atoms with Crippen LogP contribution >= 0.6 is 23.4 Å². The van der Waals surface area contributed by atoms with E-state index in [0.29, 0.717) is 51.7 Å². The highest BCUT2D eigenvalue weighted by Crippen LogP contribution is 2.25. The number of amides is 4. The second-order valence-corrected chi connectivity index (χ2v) is 11.0. The van der Waals surface area contributed by atoms with Crippen molar-refractivity contribution in [3.8, 4) is 0 Å². The van der Waals surface area contributed by atoms with Gasteiger partial charge in [0.1, 0.15) is 5.70 Å². The highest BCUT2D eigenvalue weighted by atomic mass is 35.5. The van der Waals surface area contributed by atoms with E-state index in [9.17, 15) is 19.2 Å². The summed E-state index contributed by atoms with van der Waals surface area (Å²) in [4.78, 5) is 53.4. The lowest BCUT2D eigenvalue weighted by atomic mass is 10.1. The first-order chi connectivity index (χ1) is 20.4. The van der Waals surface area contributed by atoms with Gasteiger partial charge in [-0.25, -0.2) is 0 Å². The summed E-state index contributed by atoms with van der Waals surface area (Å²) in [5.74, 6) is -0.664. The molecule has 4 aromatic carbocycles. The van der Waals surface area contributed by atoms with Gasteiger partial charge in [-0.15, -0.1) is 11.8 Å². The molecule has 0 bridgehead atoms. The molecule has 42 heavy (non-hydrogen) atoms. The van der Waals surface area contributed by atoms with E-state index in [2.05, 4.69) is 10.6 Å². The molecule has 210 valence electrons. The molecule has 7 nitrogen and oxygen atoms in total. The van der Waals surface area contributed by atoms with Crippen LogP contribution in [0.3, 0.4) is 0 Å². The van der Waals surface area contributed by atoms with Crippen LogP contribution in [0, 0.1) is 0 Å². The first-order valence-electron chi connectivity index (χ1n) is 13.2. The minimum atomic E-state index is -0.476. The molecule has 0 spiro atoms. The molecule has 5 rings (SSSR count). The zero-order valence-corrected chi connectivity index (χ0v) is 24.0. The number of hydrogen-bond donors (Lipinski definition) is 2. The molecule has 0 unspecified atom stereocenters. The third kappa shape index (κ3) is 6.97. The van der Waals surface area contributed by atoms with Gasteiger partial charge in [-0.1, -0.05) is 54.1 Å². The number of nitrogens with zero attached hydrogens (tertiary/aromatic N) is 1. The topological polar surface area (TPSA) is 95.6 Å². The van der Waals surface area contributed by atoms with Crippen molar-refractivity contribution in [2.45, 2.75) is 11.3 Å². The number of thioether (sulfide) groups is 1. The minimum Gasteiger partial charge on any atom is -0.321 e. The normalized spacial score (nSPS) is 12.7. The van der Waals surface area contributed by atoms with Gasteiger partial charge in [0, 0.05) is 27.7 Å². The Labute approximate surface area is 252 Å². The summed E-state index contributed by atoms with van der Waals surface area (Å²) in [6.07, 6.45) is 2.24. The van der Waals surface area contributed by atoms with Crippen LogP contribution in [0.4, 0.5) is 5.69 Å². The van der Waals surface area contributed by atoms with Gasteiger partial charge in [-0.05, 0) is 84.5 Å². The molecule has 4 aromatic rings. The van der Waals surface area contributed by atoms with E-state index < -0.39 is 11.8 Å². The number of carbonyl (C=O) groups is 4. The number of benzene rings is 4. The Morgan fingerprint density at radius 2 is 1.40 bits per heavy atom. The maximum Gasteiger partial charge on any atom is 0.272 e. The van der Waals surface area contributed by atoms with E-state index in [4.69, 9.17) is 11.6 Å². The number of carbonyl (C=O) groups excluding carboxylic acids is 4. The molecule has 0 atom stereocenters. The van der Waals surface area contributed by atoms with Crippen molar-refractivity contribution < 1.29 is 19.2 Å². The molecule has 0 radical (unpaired) electrons. The molecular weight excluding hydrogens is 570 g/mol. The Morgan fingerprint density at radius 1 is 0.786 bits per heavy atom. The monoisotopic (exact) mass is 595 g/mol. The van der Waals surface area contributed by atoms with Gasteiger partial charge < -0.3 is 10.6 Å². The van der Waals surface area contributed by atoms with Crippen LogP contribution in [0.5, 0.6) is 0 Å². The standard InChI is InChI=1S/C33H26ClN3O4S/c34-24-13-11-22(12-14-24)21-29(36-30(38)23-7-2-1-3-8-23)31(39)35-25-15-17-26(18-16-25)42-20-6-19-37-32(40)27-9-4-5-10-28(27)33(37)41/h1-5,7-18,21H,6,19-20H2,(H,35,39)(H,36,38)/b29-21-. The number of nitrogens with one attached hydrogen (secondary N) is 2. The van der Waals surface area contributed by atoms with E-state index in [1.807, 2.05) is 18.2 Å². The third-order valence-electron chi connectivity index (χ3n) is 6.49. The van der Waals surface area contributed by atoms with Crippen LogP contribution in [0.2, 0.25) is 5.02 Å². The number of halogens is 1. The Hall–Kier alpha value is -4.66. The van der Waals surface area contributed by atoms with Gasteiger partial charge in [0.05, 0.1) is 11.1 Å². The fraction of sp³-hybridized carbons (Fsp3) is 0.0909. The van der Waals surface area contributed by atoms with E-state index >= 15 is 0 Å². The Bertz CT molecular complexity index is 1620. The number of imide groups is 1. The lowest BCUT2D eigenvalue weighted by molar-refractivity contribution is -0.113. The van der Waals surface area contributed by atoms with Gasteiger partial charge >= 0.3 is 0 Å². The van der Waals surface area contributed by atoms with Crippen molar-refractivity contribution >= 4 is 58.8 Å². The molecule has 1 heterocycles. The van der Waals surface area contributed by atoms with Crippen LogP contribution in [0.1, 0.15) is 43.1 Å². The van der Waals surface area contributed by atoms with Gasteiger partial charge in [0.15, 0.2) is 0 Å². The van der Waals surface area contributed by atoms with Crippen molar-refractivity contribution in [2.75, 3.05) is 17.6 Å². The Kier molecular flexibility index (Phi) is 9.16. The Balaban J connectivity index is 1.17. The first kappa shape index (κ1) is 28.9. The lowest BCUT2D eigenvalue weighted by Gasteiger charge is -2.13. The average Bonchev–Trinajstić information content (AvgIpc) is 3.26. The number of fused-ring (bicyclic) bond motifs is 1. The fourth-order valence-corrected chi connectivity index (χ4v) is 5.32. The van der Waals surface area contributed by atoms with E-state index in [1.54, 1.807) is 103 Å². The zero-order valence-electron chi connectivity index (χ0n) is 22.4. The quantitative estimate of drug-likeness (QED) is 0.0941. The molecule has 1 aliphatic rings. The van der Waals surface area contributed by atoms with Crippen LogP contribution in [-0.2, 0) is 4.79 Å². The maximum absolute atomic E-state index is 13.2. The second kappa shape index (κ2) is 13.3. The largest absolute Gasteiger partial charge is 0.321 e. The molecule has 1 aliphatic heterocycles. The number of hydrogen-bond acceptors (Lipinski definition) is 5. The number of rotatable bonds is 10. The summed E-state index contributed by atoms with van der Waals surface area (Å²) in [6.45, 7) is 0.352. The summed E-state index contributed by atoms with van der Waals surface area (Å²) in [5.41, 5.74) is 2.68. The first-order valence-corrected chi connectivity index (χ1v) is 14.6. The molecule has 9 heteroatoms. The van der Waals surface area contributed by atoms with Crippen LogP contribution in [0.15, 0.2) is 114 Å². The van der Waals surface area contributed by atoms with E-state index in [-0.39, 0.29) is 17.5 Å². The smallest absolute Gasteiger partial charge is 0.272 e. The highest BCUT2D eigenvalue weighted by molar-refractivity contribution is 7.99. The average molecular weight is 596 g/mol. The van der Waals surface area contributed by atoms with Crippen molar-refractivity contribution in [1.29, 1.82) is 0 Å². The molecule has 2 N–H and O–H groups in total. The summed E-state index contributed by atoms with van der Waals surface area (Å²) >= 11 is 7.59. The van der Waals surface area contributed by atoms with Crippen LogP contribution in [0.25, 0.3) is 6.08 Å². The van der Waals surface area contributed by atoms with Crippen molar-refractivity contribution in [1.82, 2.24) is 10.2 Å². The second-order valence-electron chi connectivity index (χ2n) is 9.42. The predicted molar refractivity (Wildman–Crippen MR) is 166 cm³/mol. The van der Waals surface area contributed by atoms with Crippen molar-refractivity contribution in [3.05, 3.63) is 136 Å². The fourth-order valence-electron chi connectivity index (χ4n) is 4.36. The van der Waals surface area contributed by atoms with Crippen LogP contribution < -0.4 is 10.6 Å². The summed E-state index contributed by atoms with van der Waals surface area (Å²) in [5, 5.41) is 6.12.